The van der Waals surface area contributed by atoms with E-state index in [-0.39, 0.29) is 11.2 Å². The summed E-state index contributed by atoms with van der Waals surface area (Å²) < 4.78 is 8.76. The Labute approximate surface area is 198 Å². The molecule has 0 bridgehead atoms. The molecule has 5 rings (SSSR count). The van der Waals surface area contributed by atoms with E-state index in [2.05, 4.69) is 50.6 Å². The van der Waals surface area contributed by atoms with Crippen LogP contribution in [0.5, 0.6) is 5.75 Å². The van der Waals surface area contributed by atoms with Crippen molar-refractivity contribution in [3.8, 4) is 5.75 Å². The van der Waals surface area contributed by atoms with E-state index >= 15 is 0 Å². The highest BCUT2D eigenvalue weighted by atomic mass is 79.9. The average molecular weight is 515 g/mol. The van der Waals surface area contributed by atoms with Gasteiger partial charge >= 0.3 is 0 Å². The molecule has 1 aliphatic heterocycles. The number of allylic oxidation sites excluding steroid dienone is 2. The van der Waals surface area contributed by atoms with Gasteiger partial charge in [-0.2, -0.15) is 4.68 Å². The van der Waals surface area contributed by atoms with Gasteiger partial charge in [0.15, 0.2) is 5.78 Å². The molecule has 0 spiro atoms. The molecule has 1 aliphatic carbocycles. The standard InChI is InChI=1S/C23H21BrClN5O2/c1-23(2)10-17-20(18(31)11-23)21(30-22(26-17)27-28-29-30)16-9-14(24)5-8-19(16)32-12-13-3-6-15(25)7-4-13/h3-9,21H,10-12H2,1-2H3,(H,26,27,29). The number of benzene rings is 2. The Kier molecular flexibility index (Phi) is 5.29. The molecule has 164 valence electrons. The summed E-state index contributed by atoms with van der Waals surface area (Å²) in [5.74, 6) is 1.28. The Morgan fingerprint density at radius 3 is 2.78 bits per heavy atom. The number of carbonyl (C=O) groups is 1. The van der Waals surface area contributed by atoms with Gasteiger partial charge in [0.05, 0.1) is 0 Å². The second-order valence-electron chi connectivity index (χ2n) is 8.91. The van der Waals surface area contributed by atoms with Crippen LogP contribution in [0.3, 0.4) is 0 Å². The molecule has 3 aromatic rings. The first-order valence-corrected chi connectivity index (χ1v) is 11.5. The minimum atomic E-state index is -0.474. The molecule has 2 aromatic carbocycles. The molecule has 0 saturated heterocycles. The maximum Gasteiger partial charge on any atom is 0.248 e. The SMILES string of the molecule is CC1(C)CC(=O)C2=C(C1)Nc1nnnn1C2c1cc(Br)ccc1OCc1ccc(Cl)cc1. The number of rotatable bonds is 4. The number of anilines is 1. The Balaban J connectivity index is 1.58. The van der Waals surface area contributed by atoms with Crippen molar-refractivity contribution in [2.45, 2.75) is 39.3 Å². The Morgan fingerprint density at radius 2 is 2.00 bits per heavy atom. The van der Waals surface area contributed by atoms with Gasteiger partial charge in [-0.15, -0.1) is 0 Å². The van der Waals surface area contributed by atoms with Crippen LogP contribution in [0.25, 0.3) is 0 Å². The maximum absolute atomic E-state index is 13.3. The van der Waals surface area contributed by atoms with Crippen molar-refractivity contribution in [2.24, 2.45) is 5.41 Å². The summed E-state index contributed by atoms with van der Waals surface area (Å²) in [6.07, 6.45) is 1.21. The van der Waals surface area contributed by atoms with Crippen molar-refractivity contribution in [1.29, 1.82) is 0 Å². The zero-order chi connectivity index (χ0) is 22.5. The molecular weight excluding hydrogens is 494 g/mol. The molecular formula is C23H21BrClN5O2. The number of fused-ring (bicyclic) bond motifs is 1. The topological polar surface area (TPSA) is 81.9 Å². The number of nitrogens with one attached hydrogen (secondary N) is 1. The molecule has 0 amide bonds. The minimum Gasteiger partial charge on any atom is -0.489 e. The predicted molar refractivity (Wildman–Crippen MR) is 125 cm³/mol. The van der Waals surface area contributed by atoms with Crippen LogP contribution in [-0.2, 0) is 11.4 Å². The number of nitrogens with zero attached hydrogens (tertiary/aromatic N) is 4. The van der Waals surface area contributed by atoms with Crippen molar-refractivity contribution in [1.82, 2.24) is 20.2 Å². The molecule has 0 saturated carbocycles. The zero-order valence-electron chi connectivity index (χ0n) is 17.6. The molecule has 9 heteroatoms. The fraction of sp³-hybridized carbons (Fsp3) is 0.304. The van der Waals surface area contributed by atoms with Crippen LogP contribution >= 0.6 is 27.5 Å². The van der Waals surface area contributed by atoms with Crippen LogP contribution in [-0.4, -0.2) is 26.0 Å². The smallest absolute Gasteiger partial charge is 0.248 e. The third kappa shape index (κ3) is 3.93. The van der Waals surface area contributed by atoms with Crippen LogP contribution in [0, 0.1) is 5.41 Å². The summed E-state index contributed by atoms with van der Waals surface area (Å²) in [5, 5.41) is 16.1. The molecule has 2 heterocycles. The van der Waals surface area contributed by atoms with Crippen LogP contribution in [0.4, 0.5) is 5.95 Å². The summed E-state index contributed by atoms with van der Waals surface area (Å²) in [7, 11) is 0. The third-order valence-corrected chi connectivity index (χ3v) is 6.51. The molecule has 1 N–H and O–H groups in total. The minimum absolute atomic E-state index is 0.0959. The van der Waals surface area contributed by atoms with E-state index in [1.54, 1.807) is 4.68 Å². The van der Waals surface area contributed by atoms with Gasteiger partial charge in [0.1, 0.15) is 18.4 Å². The quantitative estimate of drug-likeness (QED) is 0.507. The second-order valence-corrected chi connectivity index (χ2v) is 10.3. The summed E-state index contributed by atoms with van der Waals surface area (Å²) >= 11 is 9.57. The first kappa shape index (κ1) is 21.2. The number of hydrogen-bond donors (Lipinski definition) is 1. The van der Waals surface area contributed by atoms with Gasteiger partial charge < -0.3 is 10.1 Å². The number of carbonyl (C=O) groups excluding carboxylic acids is 1. The lowest BCUT2D eigenvalue weighted by molar-refractivity contribution is -0.118. The van der Waals surface area contributed by atoms with Gasteiger partial charge in [-0.05, 0) is 58.2 Å². The van der Waals surface area contributed by atoms with Gasteiger partial charge in [0.25, 0.3) is 0 Å². The van der Waals surface area contributed by atoms with E-state index in [1.807, 2.05) is 42.5 Å². The van der Waals surface area contributed by atoms with E-state index < -0.39 is 6.04 Å². The third-order valence-electron chi connectivity index (χ3n) is 5.77. The van der Waals surface area contributed by atoms with Gasteiger partial charge in [0, 0.05) is 32.7 Å². The lowest BCUT2D eigenvalue weighted by Gasteiger charge is -2.38. The van der Waals surface area contributed by atoms with Crippen molar-refractivity contribution < 1.29 is 9.53 Å². The van der Waals surface area contributed by atoms with Gasteiger partial charge in [-0.1, -0.05) is 58.6 Å². The van der Waals surface area contributed by atoms with E-state index in [0.29, 0.717) is 35.3 Å². The highest BCUT2D eigenvalue weighted by Gasteiger charge is 2.42. The largest absolute Gasteiger partial charge is 0.489 e. The number of ether oxygens (including phenoxy) is 1. The predicted octanol–water partition coefficient (Wildman–Crippen LogP) is 5.33. The number of tetrazole rings is 1. The number of Topliss-reactive ketones (excluding diaryl/α,β-unsaturated/α-hetero) is 1. The number of halogens is 2. The maximum atomic E-state index is 13.3. The van der Waals surface area contributed by atoms with Gasteiger partial charge in [-0.25, -0.2) is 0 Å². The summed E-state index contributed by atoms with van der Waals surface area (Å²) in [4.78, 5) is 13.3. The fourth-order valence-electron chi connectivity index (χ4n) is 4.36. The lowest BCUT2D eigenvalue weighted by atomic mass is 9.73. The molecule has 32 heavy (non-hydrogen) atoms. The van der Waals surface area contributed by atoms with Gasteiger partial charge in [0.2, 0.25) is 5.95 Å². The average Bonchev–Trinajstić information content (AvgIpc) is 3.20. The van der Waals surface area contributed by atoms with E-state index in [4.69, 9.17) is 16.3 Å². The van der Waals surface area contributed by atoms with Crippen LogP contribution in [0.15, 0.2) is 58.2 Å². The highest BCUT2D eigenvalue weighted by molar-refractivity contribution is 9.10. The van der Waals surface area contributed by atoms with Crippen LogP contribution in [0.1, 0.15) is 43.9 Å². The number of ketones is 1. The number of aromatic nitrogens is 4. The molecule has 1 atom stereocenters. The Bertz CT molecular complexity index is 1240. The first-order chi connectivity index (χ1) is 15.3. The summed E-state index contributed by atoms with van der Waals surface area (Å²) in [5.41, 5.74) is 3.26. The zero-order valence-corrected chi connectivity index (χ0v) is 19.9. The van der Waals surface area contributed by atoms with Crippen molar-refractivity contribution in [3.05, 3.63) is 74.4 Å². The summed E-state index contributed by atoms with van der Waals surface area (Å²) in [6.45, 7) is 4.57. The van der Waals surface area contributed by atoms with Crippen molar-refractivity contribution in [2.75, 3.05) is 5.32 Å². The van der Waals surface area contributed by atoms with Crippen LogP contribution < -0.4 is 10.1 Å². The van der Waals surface area contributed by atoms with Crippen molar-refractivity contribution in [3.63, 3.8) is 0 Å². The highest BCUT2D eigenvalue weighted by Crippen LogP contribution is 2.47. The molecule has 0 radical (unpaired) electrons. The first-order valence-electron chi connectivity index (χ1n) is 10.3. The van der Waals surface area contributed by atoms with E-state index in [0.717, 1.165) is 27.7 Å². The fourth-order valence-corrected chi connectivity index (χ4v) is 4.87. The Hall–Kier alpha value is -2.71. The molecule has 2 aliphatic rings. The Morgan fingerprint density at radius 1 is 1.22 bits per heavy atom. The summed E-state index contributed by atoms with van der Waals surface area (Å²) in [6, 6.07) is 12.8. The molecule has 0 fully saturated rings. The lowest BCUT2D eigenvalue weighted by Crippen LogP contribution is -2.36. The van der Waals surface area contributed by atoms with Crippen LogP contribution in [0.2, 0.25) is 5.02 Å². The monoisotopic (exact) mass is 513 g/mol. The molecule has 1 unspecified atom stereocenters. The molecule has 7 nitrogen and oxygen atoms in total. The van der Waals surface area contributed by atoms with E-state index in [1.165, 1.54) is 0 Å². The van der Waals surface area contributed by atoms with Crippen molar-refractivity contribution >= 4 is 39.3 Å². The normalized spacial score (nSPS) is 19.2. The van der Waals surface area contributed by atoms with E-state index in [9.17, 15) is 4.79 Å². The second kappa shape index (κ2) is 8.01. The van der Waals surface area contributed by atoms with Gasteiger partial charge in [-0.3, -0.25) is 4.79 Å². The number of hydrogen-bond acceptors (Lipinski definition) is 6. The molecule has 1 aromatic heterocycles.